The first-order valence-corrected chi connectivity index (χ1v) is 10.6. The van der Waals surface area contributed by atoms with Crippen molar-refractivity contribution in [2.45, 2.75) is 12.5 Å². The summed E-state index contributed by atoms with van der Waals surface area (Å²) >= 11 is 0. The Kier molecular flexibility index (Phi) is 6.45. The Morgan fingerprint density at radius 1 is 0.900 bits per heavy atom. The van der Waals surface area contributed by atoms with Crippen LogP contribution in [0.1, 0.15) is 22.6 Å². The van der Waals surface area contributed by atoms with Crippen LogP contribution < -0.4 is 9.64 Å². The van der Waals surface area contributed by atoms with Crippen molar-refractivity contribution in [3.8, 4) is 5.75 Å². The van der Waals surface area contributed by atoms with Crippen molar-refractivity contribution in [2.75, 3.05) is 33.3 Å². The minimum atomic E-state index is -0.243. The Morgan fingerprint density at radius 3 is 2.07 bits per heavy atom. The highest BCUT2D eigenvalue weighted by molar-refractivity contribution is 5.87. The van der Waals surface area contributed by atoms with Gasteiger partial charge in [0.25, 0.3) is 0 Å². The van der Waals surface area contributed by atoms with Gasteiger partial charge in [0, 0.05) is 5.56 Å². The lowest BCUT2D eigenvalue weighted by Gasteiger charge is -2.34. The highest BCUT2D eigenvalue weighted by atomic mass is 16.5. The van der Waals surface area contributed by atoms with Crippen molar-refractivity contribution in [3.05, 3.63) is 102 Å². The average Bonchev–Trinajstić information content (AvgIpc) is 2.81. The van der Waals surface area contributed by atoms with Gasteiger partial charge in [-0.1, -0.05) is 72.8 Å². The molecule has 1 heterocycles. The molecule has 3 aromatic rings. The maximum Gasteiger partial charge on any atom is 0.234 e. The zero-order valence-electron chi connectivity index (χ0n) is 17.5. The molecule has 1 aliphatic heterocycles. The number of ether oxygens (including phenoxy) is 1. The zero-order chi connectivity index (χ0) is 20.8. The second-order valence-corrected chi connectivity index (χ2v) is 7.86. The molecule has 3 aromatic carbocycles. The minimum Gasteiger partial charge on any atom is -0.497 e. The molecule has 4 rings (SSSR count). The molecule has 4 heteroatoms. The number of piperazine rings is 1. The van der Waals surface area contributed by atoms with Crippen LogP contribution in [0.2, 0.25) is 0 Å². The fraction of sp³-hybridized carbons (Fsp3) is 0.269. The fourth-order valence-electron chi connectivity index (χ4n) is 4.24. The van der Waals surface area contributed by atoms with E-state index in [4.69, 9.17) is 4.74 Å². The molecule has 1 amide bonds. The standard InChI is InChI=1S/C26H28N2O2/c1-30-24-14-8-9-21(19-24)20-27-15-17-28(18-16-27)26(29)25(22-10-4-2-5-11-22)23-12-6-3-7-13-23/h2-14,19,25H,15-18,20H2,1H3/p+1. The van der Waals surface area contributed by atoms with E-state index < -0.39 is 0 Å². The maximum atomic E-state index is 13.5. The first-order chi connectivity index (χ1) is 14.7. The number of carbonyl (C=O) groups excluding carboxylic acids is 1. The molecule has 1 aliphatic rings. The minimum absolute atomic E-state index is 0.202. The van der Waals surface area contributed by atoms with E-state index in [0.29, 0.717) is 0 Å². The molecule has 1 fully saturated rings. The van der Waals surface area contributed by atoms with Gasteiger partial charge in [0.15, 0.2) is 0 Å². The summed E-state index contributed by atoms with van der Waals surface area (Å²) in [5.74, 6) is 0.856. The summed E-state index contributed by atoms with van der Waals surface area (Å²) < 4.78 is 5.34. The average molecular weight is 402 g/mol. The second-order valence-electron chi connectivity index (χ2n) is 7.86. The van der Waals surface area contributed by atoms with Gasteiger partial charge in [0.05, 0.1) is 39.2 Å². The quantitative estimate of drug-likeness (QED) is 0.689. The molecule has 1 saturated heterocycles. The Hall–Kier alpha value is -3.11. The van der Waals surface area contributed by atoms with Crippen LogP contribution in [-0.2, 0) is 11.3 Å². The Labute approximate surface area is 178 Å². The molecular formula is C26H29N2O2+. The highest BCUT2D eigenvalue weighted by Gasteiger charge is 2.31. The van der Waals surface area contributed by atoms with Crippen LogP contribution in [0.25, 0.3) is 0 Å². The van der Waals surface area contributed by atoms with Gasteiger partial charge >= 0.3 is 0 Å². The maximum absolute atomic E-state index is 13.5. The van der Waals surface area contributed by atoms with E-state index in [-0.39, 0.29) is 11.8 Å². The number of benzene rings is 3. The van der Waals surface area contributed by atoms with Crippen molar-refractivity contribution in [1.82, 2.24) is 4.90 Å². The SMILES string of the molecule is COc1cccc(C[NH+]2CCN(C(=O)C(c3ccccc3)c3ccccc3)CC2)c1. The van der Waals surface area contributed by atoms with E-state index in [1.165, 1.54) is 10.5 Å². The van der Waals surface area contributed by atoms with Crippen LogP contribution in [0.4, 0.5) is 0 Å². The van der Waals surface area contributed by atoms with Crippen molar-refractivity contribution in [3.63, 3.8) is 0 Å². The monoisotopic (exact) mass is 401 g/mol. The third-order valence-electron chi connectivity index (χ3n) is 5.88. The third kappa shape index (κ3) is 4.71. The molecule has 154 valence electrons. The molecular weight excluding hydrogens is 372 g/mol. The van der Waals surface area contributed by atoms with E-state index in [2.05, 4.69) is 36.4 Å². The van der Waals surface area contributed by atoms with Crippen molar-refractivity contribution >= 4 is 5.91 Å². The number of methoxy groups -OCH3 is 1. The van der Waals surface area contributed by atoms with Crippen LogP contribution in [0.15, 0.2) is 84.9 Å². The van der Waals surface area contributed by atoms with Gasteiger partial charge < -0.3 is 14.5 Å². The fourth-order valence-corrected chi connectivity index (χ4v) is 4.24. The summed E-state index contributed by atoms with van der Waals surface area (Å²) in [4.78, 5) is 17.1. The summed E-state index contributed by atoms with van der Waals surface area (Å²) in [6, 6.07) is 28.5. The molecule has 0 radical (unpaired) electrons. The molecule has 0 saturated carbocycles. The van der Waals surface area contributed by atoms with Crippen LogP contribution >= 0.6 is 0 Å². The lowest BCUT2D eigenvalue weighted by molar-refractivity contribution is -0.917. The topological polar surface area (TPSA) is 34.0 Å². The number of carbonyl (C=O) groups is 1. The van der Waals surface area contributed by atoms with Crippen molar-refractivity contribution in [1.29, 1.82) is 0 Å². The number of amides is 1. The van der Waals surface area contributed by atoms with Gasteiger partial charge in [-0.3, -0.25) is 4.79 Å². The van der Waals surface area contributed by atoms with E-state index in [1.54, 1.807) is 7.11 Å². The molecule has 0 aromatic heterocycles. The molecule has 4 nitrogen and oxygen atoms in total. The first kappa shape index (κ1) is 20.2. The smallest absolute Gasteiger partial charge is 0.234 e. The summed E-state index contributed by atoms with van der Waals surface area (Å²) in [6.07, 6.45) is 0. The van der Waals surface area contributed by atoms with E-state index >= 15 is 0 Å². The van der Waals surface area contributed by atoms with Gasteiger partial charge in [-0.25, -0.2) is 0 Å². The van der Waals surface area contributed by atoms with E-state index in [0.717, 1.165) is 49.6 Å². The summed E-state index contributed by atoms with van der Waals surface area (Å²) in [5, 5.41) is 0. The number of hydrogen-bond acceptors (Lipinski definition) is 2. The molecule has 0 atom stereocenters. The summed E-state index contributed by atoms with van der Waals surface area (Å²) in [7, 11) is 1.70. The van der Waals surface area contributed by atoms with Crippen LogP contribution in [-0.4, -0.2) is 44.1 Å². The van der Waals surface area contributed by atoms with Gasteiger partial charge in [-0.2, -0.15) is 0 Å². The van der Waals surface area contributed by atoms with Crippen molar-refractivity contribution in [2.24, 2.45) is 0 Å². The number of quaternary nitrogens is 1. The highest BCUT2D eigenvalue weighted by Crippen LogP contribution is 2.26. The first-order valence-electron chi connectivity index (χ1n) is 10.6. The molecule has 0 aliphatic carbocycles. The number of rotatable bonds is 6. The second kappa shape index (κ2) is 9.59. The lowest BCUT2D eigenvalue weighted by atomic mass is 9.90. The van der Waals surface area contributed by atoms with Gasteiger partial charge in [0.2, 0.25) is 5.91 Å². The predicted molar refractivity (Wildman–Crippen MR) is 119 cm³/mol. The number of nitrogens with zero attached hydrogens (tertiary/aromatic N) is 1. The number of hydrogen-bond donors (Lipinski definition) is 1. The van der Waals surface area contributed by atoms with E-state index in [1.807, 2.05) is 53.4 Å². The van der Waals surface area contributed by atoms with Crippen LogP contribution in [0.5, 0.6) is 5.75 Å². The molecule has 1 N–H and O–H groups in total. The summed E-state index contributed by atoms with van der Waals surface area (Å²) in [5.41, 5.74) is 3.38. The predicted octanol–water partition coefficient (Wildman–Crippen LogP) is 2.75. The van der Waals surface area contributed by atoms with Gasteiger partial charge in [0.1, 0.15) is 12.3 Å². The lowest BCUT2D eigenvalue weighted by Crippen LogP contribution is -3.13. The zero-order valence-corrected chi connectivity index (χ0v) is 17.5. The third-order valence-corrected chi connectivity index (χ3v) is 5.88. The van der Waals surface area contributed by atoms with Crippen LogP contribution in [0.3, 0.4) is 0 Å². The molecule has 0 unspecified atom stereocenters. The summed E-state index contributed by atoms with van der Waals surface area (Å²) in [6.45, 7) is 4.45. The molecule has 30 heavy (non-hydrogen) atoms. The Bertz CT molecular complexity index is 912. The van der Waals surface area contributed by atoms with Crippen LogP contribution in [0, 0.1) is 0 Å². The molecule has 0 bridgehead atoms. The Balaban J connectivity index is 1.44. The normalized spacial score (nSPS) is 14.7. The van der Waals surface area contributed by atoms with Gasteiger partial charge in [-0.15, -0.1) is 0 Å². The molecule has 0 spiro atoms. The van der Waals surface area contributed by atoms with Crippen molar-refractivity contribution < 1.29 is 14.4 Å². The van der Waals surface area contributed by atoms with E-state index in [9.17, 15) is 4.79 Å². The van der Waals surface area contributed by atoms with Gasteiger partial charge in [-0.05, 0) is 23.3 Å². The Morgan fingerprint density at radius 2 is 1.50 bits per heavy atom. The largest absolute Gasteiger partial charge is 0.497 e. The number of nitrogens with one attached hydrogen (secondary N) is 1.